The molecule has 0 saturated heterocycles. The van der Waals surface area contributed by atoms with Crippen molar-refractivity contribution in [2.24, 2.45) is 0 Å². The Kier molecular flexibility index (Phi) is 1.84. The summed E-state index contributed by atoms with van der Waals surface area (Å²) in [4.78, 5) is 10.6. The lowest BCUT2D eigenvalue weighted by molar-refractivity contribution is 0.160. The number of nitrogens with zero attached hydrogens (tertiary/aromatic N) is 1. The molecule has 9 heavy (non-hydrogen) atoms. The molecule has 50 valence electrons. The molecule has 1 rings (SSSR count). The molecule has 0 N–H and O–H groups in total. The molecule has 1 amide bonds. The fourth-order valence-corrected chi connectivity index (χ4v) is 0.784. The van der Waals surface area contributed by atoms with E-state index in [1.54, 1.807) is 0 Å². The Bertz CT molecular complexity index is 147. The number of hydrogen-bond acceptors (Lipinski definition) is 4. The second kappa shape index (κ2) is 2.63. The lowest BCUT2D eigenvalue weighted by Gasteiger charge is -2.04. The van der Waals surface area contributed by atoms with Crippen molar-refractivity contribution in [3.8, 4) is 0 Å². The first-order valence-electron chi connectivity index (χ1n) is 2.22. The average Bonchev–Trinajstić information content (AvgIpc) is 2.37. The van der Waals surface area contributed by atoms with Gasteiger partial charge < -0.3 is 8.92 Å². The molecule has 4 nitrogen and oxygen atoms in total. The van der Waals surface area contributed by atoms with Crippen LogP contribution in [0.2, 0.25) is 0 Å². The SMILES string of the molecule is COC(=O)N1C=COS1. The highest BCUT2D eigenvalue weighted by Gasteiger charge is 2.15. The number of carbonyl (C=O) groups excluding carboxylic acids is 1. The number of hydrogen-bond donors (Lipinski definition) is 0. The molecule has 0 atom stereocenters. The highest BCUT2D eigenvalue weighted by molar-refractivity contribution is 7.93. The van der Waals surface area contributed by atoms with Crippen molar-refractivity contribution in [2.75, 3.05) is 7.11 Å². The van der Waals surface area contributed by atoms with Crippen molar-refractivity contribution in [1.82, 2.24) is 4.31 Å². The summed E-state index contributed by atoms with van der Waals surface area (Å²) in [5.41, 5.74) is 0. The van der Waals surface area contributed by atoms with E-state index in [2.05, 4.69) is 8.92 Å². The monoisotopic (exact) mass is 147 g/mol. The van der Waals surface area contributed by atoms with E-state index in [0.29, 0.717) is 0 Å². The predicted molar refractivity (Wildman–Crippen MR) is 32.1 cm³/mol. The van der Waals surface area contributed by atoms with Crippen molar-refractivity contribution >= 4 is 18.3 Å². The average molecular weight is 147 g/mol. The van der Waals surface area contributed by atoms with Crippen molar-refractivity contribution in [3.05, 3.63) is 12.5 Å². The largest absolute Gasteiger partial charge is 0.452 e. The molecule has 1 aliphatic heterocycles. The number of rotatable bonds is 0. The van der Waals surface area contributed by atoms with Gasteiger partial charge in [0, 0.05) is 0 Å². The number of ether oxygens (including phenoxy) is 1. The molecule has 0 unspecified atom stereocenters. The smallest absolute Gasteiger partial charge is 0.426 e. The summed E-state index contributed by atoms with van der Waals surface area (Å²) < 4.78 is 10.2. The molecule has 0 aromatic carbocycles. The highest BCUT2D eigenvalue weighted by Crippen LogP contribution is 2.19. The van der Waals surface area contributed by atoms with E-state index < -0.39 is 6.09 Å². The summed E-state index contributed by atoms with van der Waals surface area (Å²) in [7, 11) is 1.31. The van der Waals surface area contributed by atoms with E-state index in [9.17, 15) is 4.79 Å². The van der Waals surface area contributed by atoms with E-state index in [-0.39, 0.29) is 0 Å². The van der Waals surface area contributed by atoms with Gasteiger partial charge in [0.25, 0.3) is 0 Å². The number of amides is 1. The maximum atomic E-state index is 10.6. The molecule has 0 aromatic heterocycles. The van der Waals surface area contributed by atoms with E-state index in [1.807, 2.05) is 0 Å². The van der Waals surface area contributed by atoms with Crippen LogP contribution in [-0.2, 0) is 8.92 Å². The summed E-state index contributed by atoms with van der Waals surface area (Å²) in [6.07, 6.45) is 2.45. The lowest BCUT2D eigenvalue weighted by Crippen LogP contribution is -2.15. The molecule has 0 fully saturated rings. The van der Waals surface area contributed by atoms with Crippen LogP contribution in [-0.4, -0.2) is 17.5 Å². The second-order valence-electron chi connectivity index (χ2n) is 1.25. The van der Waals surface area contributed by atoms with E-state index in [1.165, 1.54) is 23.9 Å². The van der Waals surface area contributed by atoms with Crippen molar-refractivity contribution in [2.45, 2.75) is 0 Å². The Hall–Kier alpha value is -0.840. The van der Waals surface area contributed by atoms with Crippen LogP contribution in [0.25, 0.3) is 0 Å². The quantitative estimate of drug-likeness (QED) is 0.380. The third-order valence-electron chi connectivity index (χ3n) is 0.730. The van der Waals surface area contributed by atoms with Crippen molar-refractivity contribution in [1.29, 1.82) is 0 Å². The zero-order valence-electron chi connectivity index (χ0n) is 4.73. The van der Waals surface area contributed by atoms with E-state index >= 15 is 0 Å². The van der Waals surface area contributed by atoms with Gasteiger partial charge >= 0.3 is 6.09 Å². The Morgan fingerprint density at radius 1 is 1.89 bits per heavy atom. The molecule has 0 bridgehead atoms. The standard InChI is InChI=1S/C4H5NO3S/c1-7-4(6)5-2-3-8-9-5/h2-3H,1H3. The first-order chi connectivity index (χ1) is 4.34. The summed E-state index contributed by atoms with van der Waals surface area (Å²) in [6.45, 7) is 0. The number of carbonyl (C=O) groups is 1. The maximum Gasteiger partial charge on any atom is 0.426 e. The van der Waals surface area contributed by atoms with Crippen LogP contribution in [0.5, 0.6) is 0 Å². The Balaban J connectivity index is 2.43. The van der Waals surface area contributed by atoms with Crippen LogP contribution in [0.1, 0.15) is 0 Å². The molecule has 0 spiro atoms. The van der Waals surface area contributed by atoms with Gasteiger partial charge in [-0.1, -0.05) is 0 Å². The van der Waals surface area contributed by atoms with E-state index in [4.69, 9.17) is 0 Å². The summed E-state index contributed by atoms with van der Waals surface area (Å²) in [5.74, 6) is 0. The molecule has 5 heteroatoms. The Morgan fingerprint density at radius 3 is 3.11 bits per heavy atom. The molecular weight excluding hydrogens is 142 g/mol. The predicted octanol–water partition coefficient (Wildman–Crippen LogP) is 1.12. The van der Waals surface area contributed by atoms with Crippen LogP contribution in [0, 0.1) is 0 Å². The molecule has 0 radical (unpaired) electrons. The van der Waals surface area contributed by atoms with Gasteiger partial charge in [-0.15, -0.1) is 0 Å². The maximum absolute atomic E-state index is 10.6. The lowest BCUT2D eigenvalue weighted by atomic mass is 10.9. The van der Waals surface area contributed by atoms with Gasteiger partial charge in [0.05, 0.1) is 13.3 Å². The van der Waals surface area contributed by atoms with Gasteiger partial charge in [-0.05, 0) is 0 Å². The van der Waals surface area contributed by atoms with E-state index in [0.717, 1.165) is 12.2 Å². The first kappa shape index (κ1) is 6.28. The third kappa shape index (κ3) is 1.29. The van der Waals surface area contributed by atoms with Crippen LogP contribution in [0.3, 0.4) is 0 Å². The Morgan fingerprint density at radius 2 is 2.67 bits per heavy atom. The first-order valence-corrected chi connectivity index (χ1v) is 2.92. The molecule has 1 aliphatic rings. The van der Waals surface area contributed by atoms with Gasteiger partial charge in [-0.25, -0.2) is 4.79 Å². The van der Waals surface area contributed by atoms with Gasteiger partial charge in [0.2, 0.25) is 0 Å². The van der Waals surface area contributed by atoms with Crippen molar-refractivity contribution in [3.63, 3.8) is 0 Å². The molecule has 0 aliphatic carbocycles. The third-order valence-corrected chi connectivity index (χ3v) is 1.36. The fourth-order valence-electron chi connectivity index (χ4n) is 0.357. The zero-order chi connectivity index (χ0) is 6.69. The summed E-state index contributed by atoms with van der Waals surface area (Å²) in [6, 6.07) is 0. The number of methoxy groups -OCH3 is 1. The highest BCUT2D eigenvalue weighted by atomic mass is 32.2. The van der Waals surface area contributed by atoms with Crippen LogP contribution in [0.15, 0.2) is 12.5 Å². The van der Waals surface area contributed by atoms with Gasteiger partial charge in [-0.3, -0.25) is 0 Å². The minimum absolute atomic E-state index is 0.436. The van der Waals surface area contributed by atoms with Gasteiger partial charge in [0.1, 0.15) is 6.26 Å². The molecular formula is C4H5NO3S. The molecule has 0 saturated carbocycles. The minimum Gasteiger partial charge on any atom is -0.452 e. The minimum atomic E-state index is -0.436. The molecule has 1 heterocycles. The molecule has 0 aromatic rings. The van der Waals surface area contributed by atoms with Gasteiger partial charge in [0.15, 0.2) is 12.2 Å². The summed E-state index contributed by atoms with van der Waals surface area (Å²) >= 11 is 0.923. The topological polar surface area (TPSA) is 38.8 Å². The normalized spacial score (nSPS) is 15.4. The second-order valence-corrected chi connectivity index (χ2v) is 1.99. The van der Waals surface area contributed by atoms with Gasteiger partial charge in [-0.2, -0.15) is 4.31 Å². The summed E-state index contributed by atoms with van der Waals surface area (Å²) in [5, 5.41) is 0. The Labute approximate surface area is 56.8 Å². The fraction of sp³-hybridized carbons (Fsp3) is 0.250. The van der Waals surface area contributed by atoms with Crippen LogP contribution < -0.4 is 0 Å². The zero-order valence-corrected chi connectivity index (χ0v) is 5.55. The van der Waals surface area contributed by atoms with Crippen LogP contribution >= 0.6 is 12.2 Å². The van der Waals surface area contributed by atoms with Crippen LogP contribution in [0.4, 0.5) is 4.79 Å². The van der Waals surface area contributed by atoms with Crippen molar-refractivity contribution < 1.29 is 13.7 Å².